The van der Waals surface area contributed by atoms with E-state index in [0.29, 0.717) is 6.07 Å². The summed E-state index contributed by atoms with van der Waals surface area (Å²) in [4.78, 5) is 0. The van der Waals surface area contributed by atoms with Gasteiger partial charge < -0.3 is 5.73 Å². The van der Waals surface area contributed by atoms with Crippen LogP contribution in [0.1, 0.15) is 42.9 Å². The Bertz CT molecular complexity index is 421. The van der Waals surface area contributed by atoms with Crippen LogP contribution in [0.2, 0.25) is 0 Å². The normalized spacial score (nSPS) is 19.2. The smallest absolute Gasteiger partial charge is 0.324 e. The van der Waals surface area contributed by atoms with E-state index in [9.17, 15) is 17.6 Å². The highest BCUT2D eigenvalue weighted by Gasteiger charge is 2.32. The van der Waals surface area contributed by atoms with Gasteiger partial charge in [0.15, 0.2) is 0 Å². The zero-order chi connectivity index (χ0) is 13.3. The molecular formula is C13H15F4N. The molecule has 1 fully saturated rings. The molecular weight excluding hydrogens is 246 g/mol. The SMILES string of the molecule is N[C@@H](c1ccc(C(F)(F)F)cc1F)C1CCCC1. The lowest BCUT2D eigenvalue weighted by molar-refractivity contribution is -0.137. The summed E-state index contributed by atoms with van der Waals surface area (Å²) in [5.74, 6) is -0.680. The summed E-state index contributed by atoms with van der Waals surface area (Å²) in [6, 6.07) is 2.09. The molecule has 2 rings (SSSR count). The summed E-state index contributed by atoms with van der Waals surface area (Å²) < 4.78 is 50.9. The van der Waals surface area contributed by atoms with Gasteiger partial charge >= 0.3 is 6.18 Å². The fourth-order valence-corrected chi connectivity index (χ4v) is 2.54. The highest BCUT2D eigenvalue weighted by Crippen LogP contribution is 2.36. The van der Waals surface area contributed by atoms with Crippen LogP contribution in [0.4, 0.5) is 17.6 Å². The maximum absolute atomic E-state index is 13.7. The van der Waals surface area contributed by atoms with Crippen molar-refractivity contribution in [2.45, 2.75) is 37.9 Å². The quantitative estimate of drug-likeness (QED) is 0.799. The molecule has 0 amide bonds. The second-order valence-electron chi connectivity index (χ2n) is 4.80. The molecule has 1 nitrogen and oxygen atoms in total. The van der Waals surface area contributed by atoms with E-state index >= 15 is 0 Å². The Morgan fingerprint density at radius 2 is 1.78 bits per heavy atom. The van der Waals surface area contributed by atoms with E-state index in [-0.39, 0.29) is 11.5 Å². The predicted molar refractivity (Wildman–Crippen MR) is 60.3 cm³/mol. The van der Waals surface area contributed by atoms with Crippen LogP contribution in [0.3, 0.4) is 0 Å². The first-order valence-electron chi connectivity index (χ1n) is 6.02. The molecule has 0 spiro atoms. The van der Waals surface area contributed by atoms with Gasteiger partial charge in [-0.25, -0.2) is 4.39 Å². The average molecular weight is 261 g/mol. The lowest BCUT2D eigenvalue weighted by atomic mass is 9.91. The molecule has 1 aliphatic rings. The van der Waals surface area contributed by atoms with Gasteiger partial charge in [0.25, 0.3) is 0 Å². The standard InChI is InChI=1S/C13H15F4N/c14-11-7-9(13(15,16)17)5-6-10(11)12(18)8-3-1-2-4-8/h5-8,12H,1-4,18H2/t12-/m1/s1. The van der Waals surface area contributed by atoms with E-state index in [1.54, 1.807) is 0 Å². The zero-order valence-electron chi connectivity index (χ0n) is 9.80. The fourth-order valence-electron chi connectivity index (χ4n) is 2.54. The summed E-state index contributed by atoms with van der Waals surface area (Å²) in [6.45, 7) is 0. The van der Waals surface area contributed by atoms with E-state index in [0.717, 1.165) is 31.7 Å². The van der Waals surface area contributed by atoms with Crippen LogP contribution in [0, 0.1) is 11.7 Å². The van der Waals surface area contributed by atoms with Gasteiger partial charge in [-0.15, -0.1) is 0 Å². The van der Waals surface area contributed by atoms with Crippen LogP contribution >= 0.6 is 0 Å². The Labute approximate surface area is 103 Å². The van der Waals surface area contributed by atoms with Crippen molar-refractivity contribution in [1.29, 1.82) is 0 Å². The summed E-state index contributed by atoms with van der Waals surface area (Å²) in [7, 11) is 0. The second kappa shape index (κ2) is 4.88. The maximum Gasteiger partial charge on any atom is 0.416 e. The van der Waals surface area contributed by atoms with Crippen LogP contribution in [-0.4, -0.2) is 0 Å². The van der Waals surface area contributed by atoms with Crippen molar-refractivity contribution in [2.24, 2.45) is 11.7 Å². The Morgan fingerprint density at radius 1 is 1.17 bits per heavy atom. The second-order valence-corrected chi connectivity index (χ2v) is 4.80. The summed E-state index contributed by atoms with van der Waals surface area (Å²) in [5.41, 5.74) is 5.16. The molecule has 0 bridgehead atoms. The number of rotatable bonds is 2. The molecule has 1 aromatic carbocycles. The van der Waals surface area contributed by atoms with Crippen molar-refractivity contribution in [3.05, 3.63) is 35.1 Å². The third-order valence-electron chi connectivity index (χ3n) is 3.59. The van der Waals surface area contributed by atoms with Crippen molar-refractivity contribution in [3.63, 3.8) is 0 Å². The molecule has 0 unspecified atom stereocenters. The molecule has 1 saturated carbocycles. The Balaban J connectivity index is 2.24. The van der Waals surface area contributed by atoms with Crippen molar-refractivity contribution in [3.8, 4) is 0 Å². The van der Waals surface area contributed by atoms with Gasteiger partial charge in [0.1, 0.15) is 5.82 Å². The van der Waals surface area contributed by atoms with Gasteiger partial charge in [-0.2, -0.15) is 13.2 Å². The minimum Gasteiger partial charge on any atom is -0.324 e. The number of nitrogens with two attached hydrogens (primary N) is 1. The van der Waals surface area contributed by atoms with Crippen molar-refractivity contribution in [2.75, 3.05) is 0 Å². The fraction of sp³-hybridized carbons (Fsp3) is 0.538. The number of benzene rings is 1. The molecule has 0 radical (unpaired) electrons. The molecule has 5 heteroatoms. The zero-order valence-corrected chi connectivity index (χ0v) is 9.80. The lowest BCUT2D eigenvalue weighted by Crippen LogP contribution is -2.21. The van der Waals surface area contributed by atoms with Gasteiger partial charge in [0, 0.05) is 11.6 Å². The van der Waals surface area contributed by atoms with E-state index < -0.39 is 23.6 Å². The molecule has 0 heterocycles. The first kappa shape index (κ1) is 13.3. The Morgan fingerprint density at radius 3 is 2.28 bits per heavy atom. The largest absolute Gasteiger partial charge is 0.416 e. The first-order valence-corrected chi connectivity index (χ1v) is 6.02. The van der Waals surface area contributed by atoms with E-state index in [4.69, 9.17) is 5.73 Å². The van der Waals surface area contributed by atoms with Gasteiger partial charge in [-0.3, -0.25) is 0 Å². The summed E-state index contributed by atoms with van der Waals surface area (Å²) in [5, 5.41) is 0. The topological polar surface area (TPSA) is 26.0 Å². The highest BCUT2D eigenvalue weighted by molar-refractivity contribution is 5.29. The minimum absolute atomic E-state index is 0.177. The Kier molecular flexibility index (Phi) is 3.61. The van der Waals surface area contributed by atoms with Crippen LogP contribution in [-0.2, 0) is 6.18 Å². The van der Waals surface area contributed by atoms with E-state index in [2.05, 4.69) is 0 Å². The monoisotopic (exact) mass is 261 g/mol. The van der Waals surface area contributed by atoms with E-state index in [1.165, 1.54) is 6.07 Å². The van der Waals surface area contributed by atoms with Gasteiger partial charge in [-0.05, 0) is 30.9 Å². The number of halogens is 4. The number of alkyl halides is 3. The molecule has 100 valence electrons. The first-order chi connectivity index (χ1) is 8.39. The summed E-state index contributed by atoms with van der Waals surface area (Å²) in [6.07, 6.45) is -0.568. The molecule has 2 N–H and O–H groups in total. The molecule has 1 aliphatic carbocycles. The predicted octanol–water partition coefficient (Wildman–Crippen LogP) is 4.03. The van der Waals surface area contributed by atoms with Crippen LogP contribution < -0.4 is 5.73 Å². The van der Waals surface area contributed by atoms with E-state index in [1.807, 2.05) is 0 Å². The number of hydrogen-bond acceptors (Lipinski definition) is 1. The third kappa shape index (κ3) is 2.66. The highest BCUT2D eigenvalue weighted by atomic mass is 19.4. The molecule has 0 aromatic heterocycles. The lowest BCUT2D eigenvalue weighted by Gasteiger charge is -2.20. The van der Waals surface area contributed by atoms with Crippen LogP contribution in [0.25, 0.3) is 0 Å². The van der Waals surface area contributed by atoms with Crippen molar-refractivity contribution in [1.82, 2.24) is 0 Å². The third-order valence-corrected chi connectivity index (χ3v) is 3.59. The Hall–Kier alpha value is -1.10. The van der Waals surface area contributed by atoms with Gasteiger partial charge in [-0.1, -0.05) is 18.9 Å². The van der Waals surface area contributed by atoms with Crippen LogP contribution in [0.5, 0.6) is 0 Å². The molecule has 1 atom stereocenters. The van der Waals surface area contributed by atoms with Crippen molar-refractivity contribution < 1.29 is 17.6 Å². The summed E-state index contributed by atoms with van der Waals surface area (Å²) >= 11 is 0. The van der Waals surface area contributed by atoms with Crippen molar-refractivity contribution >= 4 is 0 Å². The number of hydrogen-bond donors (Lipinski definition) is 1. The molecule has 1 aromatic rings. The average Bonchev–Trinajstić information content (AvgIpc) is 2.80. The maximum atomic E-state index is 13.7. The molecule has 0 aliphatic heterocycles. The minimum atomic E-state index is -4.52. The molecule has 0 saturated heterocycles. The van der Waals surface area contributed by atoms with Crippen LogP contribution in [0.15, 0.2) is 18.2 Å². The van der Waals surface area contributed by atoms with Gasteiger partial charge in [0.2, 0.25) is 0 Å². The van der Waals surface area contributed by atoms with Gasteiger partial charge in [0.05, 0.1) is 5.56 Å². The molecule has 18 heavy (non-hydrogen) atoms.